The van der Waals surface area contributed by atoms with Gasteiger partial charge in [-0.25, -0.2) is 0 Å². The molecule has 0 radical (unpaired) electrons. The van der Waals surface area contributed by atoms with Crippen LogP contribution in [0.3, 0.4) is 0 Å². The van der Waals surface area contributed by atoms with Crippen molar-refractivity contribution in [3.8, 4) is 0 Å². The maximum absolute atomic E-state index is 12.0. The number of rotatable bonds is 20. The molecule has 2 N–H and O–H groups in total. The van der Waals surface area contributed by atoms with Crippen LogP contribution in [0, 0.1) is 0 Å². The van der Waals surface area contributed by atoms with Crippen LogP contribution in [0.2, 0.25) is 0 Å². The molecule has 15 heteroatoms. The third-order valence-electron chi connectivity index (χ3n) is 4.26. The SMILES string of the molecule is O=C(CCS)OCC(CO)(CO)OC(COC(=O)CCS)(COC(=O)CCS)COC(=O)CCS. The molecule has 0 aromatic heterocycles. The van der Waals surface area contributed by atoms with Crippen molar-refractivity contribution in [1.29, 1.82) is 0 Å². The van der Waals surface area contributed by atoms with E-state index in [0.29, 0.717) is 0 Å². The molecule has 0 aliphatic heterocycles. The molecule has 0 atom stereocenters. The van der Waals surface area contributed by atoms with Gasteiger partial charge in [0, 0.05) is 23.0 Å². The van der Waals surface area contributed by atoms with E-state index in [4.69, 9.17) is 23.7 Å². The second-order valence-electron chi connectivity index (χ2n) is 7.32. The summed E-state index contributed by atoms with van der Waals surface area (Å²) in [5.41, 5.74) is -3.79. The Bertz CT molecular complexity index is 604. The lowest BCUT2D eigenvalue weighted by atomic mass is 10.0. The van der Waals surface area contributed by atoms with E-state index in [1.165, 1.54) is 0 Å². The fraction of sp³-hybridized carbons (Fsp3) is 0.800. The molecular formula is C20H34O11S4. The van der Waals surface area contributed by atoms with E-state index in [-0.39, 0.29) is 48.7 Å². The summed E-state index contributed by atoms with van der Waals surface area (Å²) in [6, 6.07) is 0. The largest absolute Gasteiger partial charge is 0.462 e. The molecule has 0 amide bonds. The van der Waals surface area contributed by atoms with Gasteiger partial charge in [-0.05, 0) is 0 Å². The van der Waals surface area contributed by atoms with Crippen LogP contribution in [-0.4, -0.2) is 108 Å². The predicted octanol–water partition coefficient (Wildman–Crippen LogP) is -0.0824. The second kappa shape index (κ2) is 19.3. The van der Waals surface area contributed by atoms with Gasteiger partial charge in [0.25, 0.3) is 0 Å². The summed E-state index contributed by atoms with van der Waals surface area (Å²) in [6.45, 7) is -4.07. The summed E-state index contributed by atoms with van der Waals surface area (Å²) in [7, 11) is 0. The predicted molar refractivity (Wildman–Crippen MR) is 138 cm³/mol. The minimum Gasteiger partial charge on any atom is -0.462 e. The molecule has 0 aliphatic carbocycles. The van der Waals surface area contributed by atoms with E-state index in [9.17, 15) is 29.4 Å². The van der Waals surface area contributed by atoms with Crippen molar-refractivity contribution in [2.75, 3.05) is 62.7 Å². The molecule has 0 aliphatic rings. The van der Waals surface area contributed by atoms with Crippen LogP contribution < -0.4 is 0 Å². The molecule has 0 rings (SSSR count). The van der Waals surface area contributed by atoms with Crippen molar-refractivity contribution in [1.82, 2.24) is 0 Å². The number of carbonyl (C=O) groups is 4. The number of hydrogen-bond acceptors (Lipinski definition) is 15. The van der Waals surface area contributed by atoms with Crippen LogP contribution in [0.15, 0.2) is 0 Å². The smallest absolute Gasteiger partial charge is 0.306 e. The lowest BCUT2D eigenvalue weighted by Gasteiger charge is -2.40. The van der Waals surface area contributed by atoms with Gasteiger partial charge in [0.05, 0.1) is 38.9 Å². The molecular weight excluding hydrogens is 544 g/mol. The molecule has 35 heavy (non-hydrogen) atoms. The van der Waals surface area contributed by atoms with E-state index in [0.717, 1.165) is 0 Å². The topological polar surface area (TPSA) is 155 Å². The van der Waals surface area contributed by atoms with Gasteiger partial charge >= 0.3 is 23.9 Å². The lowest BCUT2D eigenvalue weighted by Crippen LogP contribution is -2.59. The Morgan fingerprint density at radius 3 is 1.00 bits per heavy atom. The Labute approximate surface area is 226 Å². The average molecular weight is 579 g/mol. The van der Waals surface area contributed by atoms with Gasteiger partial charge in [0.2, 0.25) is 0 Å². The summed E-state index contributed by atoms with van der Waals surface area (Å²) in [5.74, 6) is -1.89. The lowest BCUT2D eigenvalue weighted by molar-refractivity contribution is -0.250. The van der Waals surface area contributed by atoms with E-state index in [1.807, 2.05) is 0 Å². The number of ether oxygens (including phenoxy) is 5. The van der Waals surface area contributed by atoms with Gasteiger partial charge in [-0.15, -0.1) is 0 Å². The Balaban J connectivity index is 6.05. The molecule has 0 saturated carbocycles. The quantitative estimate of drug-likeness (QED) is 0.0653. The van der Waals surface area contributed by atoms with Gasteiger partial charge in [-0.2, -0.15) is 50.5 Å². The molecule has 0 unspecified atom stereocenters. The number of carbonyl (C=O) groups excluding carboxylic acids is 4. The maximum atomic E-state index is 12.0. The minimum absolute atomic E-state index is 0.0365. The van der Waals surface area contributed by atoms with Crippen LogP contribution in [0.1, 0.15) is 25.7 Å². The van der Waals surface area contributed by atoms with Crippen LogP contribution in [0.4, 0.5) is 0 Å². The highest BCUT2D eigenvalue weighted by Gasteiger charge is 2.46. The molecule has 204 valence electrons. The van der Waals surface area contributed by atoms with E-state index < -0.39 is 74.7 Å². The van der Waals surface area contributed by atoms with Crippen LogP contribution in [0.5, 0.6) is 0 Å². The van der Waals surface area contributed by atoms with Crippen molar-refractivity contribution in [2.45, 2.75) is 36.9 Å². The fourth-order valence-corrected chi connectivity index (χ4v) is 3.14. The fourth-order valence-electron chi connectivity index (χ4n) is 2.41. The van der Waals surface area contributed by atoms with Crippen molar-refractivity contribution in [3.05, 3.63) is 0 Å². The first-order chi connectivity index (χ1) is 16.6. The van der Waals surface area contributed by atoms with Crippen molar-refractivity contribution >= 4 is 74.4 Å². The monoisotopic (exact) mass is 578 g/mol. The first-order valence-electron chi connectivity index (χ1n) is 10.6. The van der Waals surface area contributed by atoms with E-state index in [1.54, 1.807) is 0 Å². The van der Waals surface area contributed by atoms with Crippen LogP contribution >= 0.6 is 50.5 Å². The zero-order chi connectivity index (χ0) is 26.7. The number of thiol groups is 4. The number of aliphatic hydroxyl groups excluding tert-OH is 2. The van der Waals surface area contributed by atoms with Crippen molar-refractivity contribution in [3.63, 3.8) is 0 Å². The molecule has 0 aromatic carbocycles. The molecule has 0 fully saturated rings. The summed E-state index contributed by atoms with van der Waals surface area (Å²) >= 11 is 15.8. The Kier molecular flexibility index (Phi) is 18.8. The Morgan fingerprint density at radius 1 is 0.514 bits per heavy atom. The van der Waals surface area contributed by atoms with Gasteiger partial charge in [-0.3, -0.25) is 19.2 Å². The standard InChI is InChI=1S/C20H34O11S4/c21-9-19(10-22,11-27-15(23)1-5-32)31-20(12-28-16(24)2-6-33,13-29-17(25)3-7-34)14-30-18(26)4-8-35/h21-22,32-35H,1-14H2. The molecule has 0 heterocycles. The molecule has 0 saturated heterocycles. The normalized spacial score (nSPS) is 11.6. The van der Waals surface area contributed by atoms with E-state index in [2.05, 4.69) is 50.5 Å². The number of esters is 4. The molecule has 11 nitrogen and oxygen atoms in total. The van der Waals surface area contributed by atoms with Crippen LogP contribution in [0.25, 0.3) is 0 Å². The Morgan fingerprint density at radius 2 is 0.771 bits per heavy atom. The molecule has 0 spiro atoms. The summed E-state index contributed by atoms with van der Waals surface area (Å²) in [4.78, 5) is 47.9. The van der Waals surface area contributed by atoms with Crippen molar-refractivity contribution < 1.29 is 53.1 Å². The summed E-state index contributed by atoms with van der Waals surface area (Å²) in [5, 5.41) is 20.0. The van der Waals surface area contributed by atoms with Crippen molar-refractivity contribution in [2.24, 2.45) is 0 Å². The minimum atomic E-state index is -1.92. The number of aliphatic hydroxyl groups is 2. The second-order valence-corrected chi connectivity index (χ2v) is 9.11. The first-order valence-corrected chi connectivity index (χ1v) is 13.2. The highest BCUT2D eigenvalue weighted by molar-refractivity contribution is 7.80. The number of hydrogen-bond donors (Lipinski definition) is 6. The van der Waals surface area contributed by atoms with E-state index >= 15 is 0 Å². The molecule has 0 aromatic rings. The highest BCUT2D eigenvalue weighted by atomic mass is 32.1. The first kappa shape index (κ1) is 34.2. The van der Waals surface area contributed by atoms with Gasteiger partial charge < -0.3 is 33.9 Å². The maximum Gasteiger partial charge on any atom is 0.306 e. The molecule has 0 bridgehead atoms. The van der Waals surface area contributed by atoms with Gasteiger partial charge in [0.1, 0.15) is 32.0 Å². The zero-order valence-electron chi connectivity index (χ0n) is 19.3. The Hall–Kier alpha value is -0.840. The van der Waals surface area contributed by atoms with Gasteiger partial charge in [-0.1, -0.05) is 0 Å². The third kappa shape index (κ3) is 14.5. The summed E-state index contributed by atoms with van der Waals surface area (Å²) in [6.07, 6.45) is -0.190. The van der Waals surface area contributed by atoms with Gasteiger partial charge in [0.15, 0.2) is 5.60 Å². The van der Waals surface area contributed by atoms with Crippen LogP contribution in [-0.2, 0) is 42.9 Å². The highest BCUT2D eigenvalue weighted by Crippen LogP contribution is 2.25. The average Bonchev–Trinajstić information content (AvgIpc) is 2.83. The summed E-state index contributed by atoms with van der Waals surface area (Å²) < 4.78 is 26.7. The third-order valence-corrected chi connectivity index (χ3v) is 5.15. The zero-order valence-corrected chi connectivity index (χ0v) is 22.8.